The summed E-state index contributed by atoms with van der Waals surface area (Å²) >= 11 is 10.6. The summed E-state index contributed by atoms with van der Waals surface area (Å²) in [6.45, 7) is 2.21. The number of hydrogen-bond donors (Lipinski definition) is 0. The number of hydrogen-bond acceptors (Lipinski definition) is 2. The summed E-state index contributed by atoms with van der Waals surface area (Å²) in [6.07, 6.45) is 3.56. The van der Waals surface area contributed by atoms with Gasteiger partial charge in [0.05, 0.1) is 5.38 Å². The van der Waals surface area contributed by atoms with Gasteiger partial charge in [-0.25, -0.2) is 0 Å². The molecule has 0 N–H and O–H groups in total. The third-order valence-corrected chi connectivity index (χ3v) is 6.63. The number of aryl methyl sites for hydroxylation is 2. The first kappa shape index (κ1) is 14.5. The number of thioether (sulfide) groups is 1. The van der Waals surface area contributed by atoms with Crippen LogP contribution in [0.1, 0.15) is 45.2 Å². The van der Waals surface area contributed by atoms with Crippen LogP contribution in [0.4, 0.5) is 0 Å². The van der Waals surface area contributed by atoms with E-state index in [1.807, 2.05) is 23.1 Å². The van der Waals surface area contributed by atoms with Crippen molar-refractivity contribution in [2.24, 2.45) is 0 Å². The summed E-state index contributed by atoms with van der Waals surface area (Å²) in [6, 6.07) is 11.1. The fourth-order valence-corrected chi connectivity index (χ4v) is 5.33. The van der Waals surface area contributed by atoms with E-state index < -0.39 is 0 Å². The number of fused-ring (bicyclic) bond motifs is 1. The van der Waals surface area contributed by atoms with Gasteiger partial charge in [-0.3, -0.25) is 0 Å². The van der Waals surface area contributed by atoms with Crippen LogP contribution >= 0.6 is 34.7 Å². The summed E-state index contributed by atoms with van der Waals surface area (Å²) in [5.74, 6) is 2.41. The highest BCUT2D eigenvalue weighted by atomic mass is 35.5. The van der Waals surface area contributed by atoms with Gasteiger partial charge in [0.15, 0.2) is 0 Å². The van der Waals surface area contributed by atoms with Crippen LogP contribution in [0.5, 0.6) is 0 Å². The molecule has 0 radical (unpaired) electrons. The Kier molecular flexibility index (Phi) is 4.75. The van der Waals surface area contributed by atoms with Gasteiger partial charge in [-0.15, -0.1) is 22.9 Å². The highest BCUT2D eigenvalue weighted by molar-refractivity contribution is 7.98. The first-order valence-corrected chi connectivity index (χ1v) is 9.61. The van der Waals surface area contributed by atoms with Crippen molar-refractivity contribution in [3.63, 3.8) is 0 Å². The molecule has 0 fully saturated rings. The average molecular weight is 323 g/mol. The molecule has 0 saturated carbocycles. The Labute approximate surface area is 134 Å². The lowest BCUT2D eigenvalue weighted by Gasteiger charge is -2.08. The minimum Gasteiger partial charge on any atom is -0.157 e. The quantitative estimate of drug-likeness (QED) is 0.639. The lowest BCUT2D eigenvalue weighted by Crippen LogP contribution is -1.96. The molecule has 0 aliphatic carbocycles. The van der Waals surface area contributed by atoms with E-state index in [-0.39, 0.29) is 5.38 Å². The van der Waals surface area contributed by atoms with E-state index in [0.717, 1.165) is 12.2 Å². The minimum absolute atomic E-state index is 0.00581. The Morgan fingerprint density at radius 2 is 2.05 bits per heavy atom. The molecule has 1 unspecified atom stereocenters. The molecule has 0 saturated heterocycles. The van der Waals surface area contributed by atoms with Crippen LogP contribution in [0, 0.1) is 0 Å². The van der Waals surface area contributed by atoms with Crippen LogP contribution in [0.3, 0.4) is 0 Å². The van der Waals surface area contributed by atoms with Crippen LogP contribution in [-0.4, -0.2) is 5.75 Å². The van der Waals surface area contributed by atoms with Crippen LogP contribution in [-0.2, 0) is 18.6 Å². The summed E-state index contributed by atoms with van der Waals surface area (Å²) in [5.41, 5.74) is 4.13. The molecule has 0 bridgehead atoms. The maximum Gasteiger partial charge on any atom is 0.0927 e. The molecule has 106 valence electrons. The average Bonchev–Trinajstić information content (AvgIpc) is 2.91. The molecule has 1 atom stereocenters. The predicted molar refractivity (Wildman–Crippen MR) is 92.3 cm³/mol. The van der Waals surface area contributed by atoms with E-state index in [1.54, 1.807) is 4.88 Å². The van der Waals surface area contributed by atoms with Crippen LogP contribution in [0.15, 0.2) is 30.3 Å². The van der Waals surface area contributed by atoms with Crippen molar-refractivity contribution in [3.8, 4) is 0 Å². The molecule has 2 heterocycles. The molecular formula is C17H19ClS2. The molecule has 1 aromatic carbocycles. The Morgan fingerprint density at radius 1 is 1.25 bits per heavy atom. The second kappa shape index (κ2) is 6.55. The van der Waals surface area contributed by atoms with Gasteiger partial charge in [0, 0.05) is 15.5 Å². The van der Waals surface area contributed by atoms with Crippen LogP contribution < -0.4 is 0 Å². The molecule has 0 spiro atoms. The smallest absolute Gasteiger partial charge is 0.0927 e. The molecule has 2 aromatic rings. The Morgan fingerprint density at radius 3 is 2.75 bits per heavy atom. The Hall–Kier alpha value is -0.440. The second-order valence-corrected chi connectivity index (χ2v) is 7.96. The van der Waals surface area contributed by atoms with Crippen molar-refractivity contribution in [1.82, 2.24) is 0 Å². The van der Waals surface area contributed by atoms with Gasteiger partial charge in [0.25, 0.3) is 0 Å². The maximum absolute atomic E-state index is 6.68. The van der Waals surface area contributed by atoms with Gasteiger partial charge in [-0.05, 0) is 41.4 Å². The highest BCUT2D eigenvalue weighted by Crippen LogP contribution is 2.39. The largest absolute Gasteiger partial charge is 0.157 e. The van der Waals surface area contributed by atoms with Gasteiger partial charge < -0.3 is 0 Å². The minimum atomic E-state index is 0.00581. The number of rotatable bonds is 4. The molecule has 0 nitrogen and oxygen atoms in total. The molecule has 20 heavy (non-hydrogen) atoms. The van der Waals surface area contributed by atoms with E-state index in [9.17, 15) is 0 Å². The first-order valence-electron chi connectivity index (χ1n) is 7.20. The molecule has 1 aliphatic heterocycles. The van der Waals surface area contributed by atoms with Gasteiger partial charge >= 0.3 is 0 Å². The third-order valence-electron chi connectivity index (χ3n) is 3.71. The van der Waals surface area contributed by atoms with Crippen molar-refractivity contribution in [2.45, 2.75) is 37.3 Å². The second-order valence-electron chi connectivity index (χ2n) is 5.25. The third kappa shape index (κ3) is 3.08. The monoisotopic (exact) mass is 322 g/mol. The van der Waals surface area contributed by atoms with Gasteiger partial charge in [0.2, 0.25) is 0 Å². The Balaban J connectivity index is 1.80. The highest BCUT2D eigenvalue weighted by Gasteiger charge is 2.19. The van der Waals surface area contributed by atoms with Crippen LogP contribution in [0.25, 0.3) is 0 Å². The van der Waals surface area contributed by atoms with Crippen molar-refractivity contribution >= 4 is 34.7 Å². The zero-order valence-corrected chi connectivity index (χ0v) is 14.1. The van der Waals surface area contributed by atoms with E-state index >= 15 is 0 Å². The number of halogens is 1. The molecule has 3 heteroatoms. The van der Waals surface area contributed by atoms with Crippen molar-refractivity contribution < 1.29 is 0 Å². The zero-order chi connectivity index (χ0) is 13.9. The standard InChI is InChI=1S/C17H19ClS2/c1-2-3-12-4-6-13(7-5-12)17(18)16-10-14-11-19-9-8-15(14)20-16/h4-7,10,17H,2-3,8-9,11H2,1H3. The summed E-state index contributed by atoms with van der Waals surface area (Å²) in [7, 11) is 0. The maximum atomic E-state index is 6.68. The summed E-state index contributed by atoms with van der Waals surface area (Å²) < 4.78 is 0. The molecule has 1 aromatic heterocycles. The van der Waals surface area contributed by atoms with Gasteiger partial charge in [-0.1, -0.05) is 37.6 Å². The zero-order valence-electron chi connectivity index (χ0n) is 11.7. The number of thiophene rings is 1. The topological polar surface area (TPSA) is 0 Å². The van der Waals surface area contributed by atoms with E-state index in [0.29, 0.717) is 0 Å². The predicted octanol–water partition coefficient (Wildman–Crippen LogP) is 5.82. The van der Waals surface area contributed by atoms with E-state index in [2.05, 4.69) is 37.3 Å². The van der Waals surface area contributed by atoms with Crippen molar-refractivity contribution in [2.75, 3.05) is 5.75 Å². The van der Waals surface area contributed by atoms with Crippen LogP contribution in [0.2, 0.25) is 0 Å². The number of alkyl halides is 1. The molecule has 1 aliphatic rings. The summed E-state index contributed by atoms with van der Waals surface area (Å²) in [4.78, 5) is 2.86. The lowest BCUT2D eigenvalue weighted by molar-refractivity contribution is 0.920. The Bertz CT molecular complexity index is 548. The molecular weight excluding hydrogens is 304 g/mol. The fourth-order valence-electron chi connectivity index (χ4n) is 2.60. The van der Waals surface area contributed by atoms with Gasteiger partial charge in [-0.2, -0.15) is 11.8 Å². The van der Waals surface area contributed by atoms with E-state index in [4.69, 9.17) is 11.6 Å². The fraction of sp³-hybridized carbons (Fsp3) is 0.412. The molecule has 0 amide bonds. The SMILES string of the molecule is CCCc1ccc(C(Cl)c2cc3c(s2)CCSC3)cc1. The van der Waals surface area contributed by atoms with Gasteiger partial charge in [0.1, 0.15) is 0 Å². The summed E-state index contributed by atoms with van der Waals surface area (Å²) in [5, 5.41) is 0.00581. The lowest BCUT2D eigenvalue weighted by atomic mass is 10.0. The first-order chi connectivity index (χ1) is 9.78. The number of benzene rings is 1. The van der Waals surface area contributed by atoms with Crippen molar-refractivity contribution in [1.29, 1.82) is 0 Å². The van der Waals surface area contributed by atoms with Crippen molar-refractivity contribution in [3.05, 3.63) is 56.8 Å². The normalized spacial score (nSPS) is 15.9. The van der Waals surface area contributed by atoms with E-state index in [1.165, 1.54) is 40.2 Å². The molecule has 3 rings (SSSR count).